The zero-order chi connectivity index (χ0) is 54.2. The second-order valence-electron chi connectivity index (χ2n) is 20.6. The van der Waals surface area contributed by atoms with Gasteiger partial charge < -0.3 is 18.9 Å². The summed E-state index contributed by atoms with van der Waals surface area (Å²) in [5.41, 5.74) is 0. The summed E-state index contributed by atoms with van der Waals surface area (Å²) in [5.74, 6) is -0.826. The van der Waals surface area contributed by atoms with Gasteiger partial charge in [-0.25, -0.2) is 4.57 Å². The number of esters is 2. The lowest BCUT2D eigenvalue weighted by Crippen LogP contribution is -2.37. The number of hydrogen-bond donors (Lipinski definition) is 1. The monoisotopic (exact) mass is 1050 g/mol. The van der Waals surface area contributed by atoms with Crippen molar-refractivity contribution < 1.29 is 42.1 Å². The molecule has 424 valence electrons. The molecule has 2 atom stereocenters. The quantitative estimate of drug-likeness (QED) is 0.0211. The highest BCUT2D eigenvalue weighted by atomic mass is 31.2. The highest BCUT2D eigenvalue weighted by Gasteiger charge is 2.27. The Bertz CT molecular complexity index is 1620. The Morgan fingerprint density at radius 3 is 1.15 bits per heavy atom. The summed E-state index contributed by atoms with van der Waals surface area (Å²) in [5, 5.41) is 0. The highest BCUT2D eigenvalue weighted by molar-refractivity contribution is 7.47. The maximum atomic E-state index is 12.8. The number of unbranched alkanes of at least 4 members (excludes halogenated alkanes) is 21. The van der Waals surface area contributed by atoms with Crippen LogP contribution in [0.2, 0.25) is 0 Å². The van der Waals surface area contributed by atoms with Crippen LogP contribution in [0.1, 0.15) is 232 Å². The molecule has 0 rings (SSSR count). The summed E-state index contributed by atoms with van der Waals surface area (Å²) >= 11 is 0. The molecule has 0 spiro atoms. The fourth-order valence-corrected chi connectivity index (χ4v) is 8.47. The summed E-state index contributed by atoms with van der Waals surface area (Å²) in [6, 6.07) is 0. The average molecular weight is 1050 g/mol. The molecule has 1 N–H and O–H groups in total. The zero-order valence-electron chi connectivity index (χ0n) is 48.0. The lowest BCUT2D eigenvalue weighted by Gasteiger charge is -2.24. The van der Waals surface area contributed by atoms with E-state index in [1.165, 1.54) is 96.3 Å². The number of ether oxygens (including phenoxy) is 2. The SMILES string of the molecule is CC/C=C\C/C=C\C/C=C\C/C=C\C/C=C\C/C=C\C/C=C\CCCCCCCC(=O)OC(COC(=O)CCCCCCCCCCCCC/C=C\C/C=C\CCCCCCC)COP(=O)(O)OCC[N+](C)(C)C. The molecular weight excluding hydrogens is 942 g/mol. The maximum Gasteiger partial charge on any atom is 0.472 e. The molecule has 0 saturated carbocycles. The Balaban J connectivity index is 4.25. The molecule has 0 aromatic rings. The molecule has 0 aliphatic rings. The Morgan fingerprint density at radius 2 is 0.770 bits per heavy atom. The molecule has 0 aliphatic carbocycles. The number of quaternary nitrogens is 1. The van der Waals surface area contributed by atoms with Crippen molar-refractivity contribution in [1.29, 1.82) is 0 Å². The second kappa shape index (κ2) is 54.5. The van der Waals surface area contributed by atoms with Gasteiger partial charge in [-0.3, -0.25) is 18.6 Å². The van der Waals surface area contributed by atoms with Crippen molar-refractivity contribution in [1.82, 2.24) is 0 Å². The van der Waals surface area contributed by atoms with E-state index in [4.69, 9.17) is 18.5 Å². The molecule has 0 saturated heterocycles. The average Bonchev–Trinajstić information content (AvgIpc) is 3.36. The fourth-order valence-electron chi connectivity index (χ4n) is 7.73. The van der Waals surface area contributed by atoms with Crippen LogP contribution in [0.5, 0.6) is 0 Å². The number of rotatable bonds is 53. The molecule has 0 fully saturated rings. The van der Waals surface area contributed by atoms with Crippen LogP contribution in [0.3, 0.4) is 0 Å². The van der Waals surface area contributed by atoms with E-state index in [1.807, 2.05) is 21.1 Å². The molecule has 0 aromatic carbocycles. The molecule has 74 heavy (non-hydrogen) atoms. The Hall–Kier alpha value is -3.33. The van der Waals surface area contributed by atoms with Crippen molar-refractivity contribution in [2.45, 2.75) is 238 Å². The number of phosphoric acid groups is 1. The number of phosphoric ester groups is 1. The molecule has 2 unspecified atom stereocenters. The first-order chi connectivity index (χ1) is 36.0. The minimum atomic E-state index is -4.40. The standard InChI is InChI=1S/C64H110NO8P/c1-6-8-10-12-14-16-18-20-22-24-26-28-30-31-32-33-35-37-39-41-43-45-47-49-51-53-55-57-64(67)73-62(61-72-74(68,69)71-59-58-65(3,4)5)60-70-63(66)56-54-52-50-48-46-44-42-40-38-36-34-29-27-25-23-21-19-17-15-13-11-9-7-2/h8,10,14,16,19-22,25-28,31-32,35,37,41,43,62H,6-7,9,11-13,15,17-18,23-24,29-30,33-34,36,38-40,42,44-61H2,1-5H3/p+1/b10-8-,16-14-,21-19-,22-20-,27-25-,28-26-,32-31-,37-35-,43-41-. The second-order valence-corrected chi connectivity index (χ2v) is 22.1. The molecule has 0 amide bonds. The first kappa shape index (κ1) is 70.7. The van der Waals surface area contributed by atoms with Crippen molar-refractivity contribution in [3.8, 4) is 0 Å². The normalized spacial score (nSPS) is 14.1. The van der Waals surface area contributed by atoms with Crippen molar-refractivity contribution in [3.05, 3.63) is 109 Å². The van der Waals surface area contributed by atoms with Crippen LogP contribution in [0, 0.1) is 0 Å². The van der Waals surface area contributed by atoms with Crippen molar-refractivity contribution >= 4 is 19.8 Å². The molecule has 0 heterocycles. The van der Waals surface area contributed by atoms with Gasteiger partial charge in [-0.05, 0) is 103 Å². The predicted octanol–water partition coefficient (Wildman–Crippen LogP) is 18.6. The van der Waals surface area contributed by atoms with E-state index in [1.54, 1.807) is 0 Å². The van der Waals surface area contributed by atoms with E-state index in [-0.39, 0.29) is 32.0 Å². The van der Waals surface area contributed by atoms with Crippen molar-refractivity contribution in [3.63, 3.8) is 0 Å². The van der Waals surface area contributed by atoms with Gasteiger partial charge in [-0.15, -0.1) is 0 Å². The van der Waals surface area contributed by atoms with Gasteiger partial charge in [-0.1, -0.05) is 226 Å². The summed E-state index contributed by atoms with van der Waals surface area (Å²) in [4.78, 5) is 35.7. The zero-order valence-corrected chi connectivity index (χ0v) is 48.9. The van der Waals surface area contributed by atoms with E-state index < -0.39 is 26.5 Å². The van der Waals surface area contributed by atoms with E-state index >= 15 is 0 Å². The predicted molar refractivity (Wildman–Crippen MR) is 316 cm³/mol. The van der Waals surface area contributed by atoms with E-state index in [9.17, 15) is 19.0 Å². The van der Waals surface area contributed by atoms with Crippen molar-refractivity contribution in [2.75, 3.05) is 47.5 Å². The van der Waals surface area contributed by atoms with Gasteiger partial charge in [-0.2, -0.15) is 0 Å². The van der Waals surface area contributed by atoms with Gasteiger partial charge in [0, 0.05) is 12.8 Å². The van der Waals surface area contributed by atoms with Gasteiger partial charge in [0.05, 0.1) is 27.7 Å². The number of carbonyl (C=O) groups excluding carboxylic acids is 2. The van der Waals surface area contributed by atoms with E-state index in [0.29, 0.717) is 17.4 Å². The third kappa shape index (κ3) is 57.9. The molecule has 9 nitrogen and oxygen atoms in total. The minimum absolute atomic E-state index is 0.0215. The third-order valence-corrected chi connectivity index (χ3v) is 13.3. The van der Waals surface area contributed by atoms with Crippen LogP contribution in [0.25, 0.3) is 0 Å². The summed E-state index contributed by atoms with van der Waals surface area (Å²) < 4.78 is 34.6. The minimum Gasteiger partial charge on any atom is -0.462 e. The highest BCUT2D eigenvalue weighted by Crippen LogP contribution is 2.43. The molecule has 0 radical (unpaired) electrons. The topological polar surface area (TPSA) is 108 Å². The maximum absolute atomic E-state index is 12.8. The smallest absolute Gasteiger partial charge is 0.462 e. The van der Waals surface area contributed by atoms with Crippen LogP contribution in [-0.2, 0) is 32.7 Å². The van der Waals surface area contributed by atoms with Gasteiger partial charge in [0.1, 0.15) is 19.8 Å². The number of carbonyl (C=O) groups is 2. The summed E-state index contributed by atoms with van der Waals surface area (Å²) in [6.07, 6.45) is 75.8. The van der Waals surface area contributed by atoms with Crippen LogP contribution >= 0.6 is 7.82 Å². The van der Waals surface area contributed by atoms with Crippen molar-refractivity contribution in [2.24, 2.45) is 0 Å². The number of nitrogens with zero attached hydrogens (tertiary/aromatic N) is 1. The van der Waals surface area contributed by atoms with Gasteiger partial charge >= 0.3 is 19.8 Å². The lowest BCUT2D eigenvalue weighted by atomic mass is 10.0. The largest absolute Gasteiger partial charge is 0.472 e. The molecule has 0 aliphatic heterocycles. The molecule has 0 bridgehead atoms. The third-order valence-electron chi connectivity index (χ3n) is 12.3. The van der Waals surface area contributed by atoms with Gasteiger partial charge in [0.15, 0.2) is 6.10 Å². The van der Waals surface area contributed by atoms with Crippen LogP contribution in [-0.4, -0.2) is 74.9 Å². The Kier molecular flexibility index (Phi) is 52.0. The fraction of sp³-hybridized carbons (Fsp3) is 0.688. The van der Waals surface area contributed by atoms with Gasteiger partial charge in [0.25, 0.3) is 0 Å². The van der Waals surface area contributed by atoms with Crippen LogP contribution in [0.4, 0.5) is 0 Å². The Morgan fingerprint density at radius 1 is 0.432 bits per heavy atom. The molecule has 10 heteroatoms. The van der Waals surface area contributed by atoms with Crippen LogP contribution < -0.4 is 0 Å². The number of likely N-dealkylation sites (N-methyl/N-ethyl adjacent to an activating group) is 1. The summed E-state index contributed by atoms with van der Waals surface area (Å²) in [7, 11) is 1.45. The van der Waals surface area contributed by atoms with E-state index in [0.717, 1.165) is 103 Å². The van der Waals surface area contributed by atoms with Gasteiger partial charge in [0.2, 0.25) is 0 Å². The van der Waals surface area contributed by atoms with Crippen LogP contribution in [0.15, 0.2) is 109 Å². The summed E-state index contributed by atoms with van der Waals surface area (Å²) in [6.45, 7) is 4.28. The first-order valence-electron chi connectivity index (χ1n) is 29.6. The first-order valence-corrected chi connectivity index (χ1v) is 31.1. The molecule has 0 aromatic heterocycles. The lowest BCUT2D eigenvalue weighted by molar-refractivity contribution is -0.870. The number of hydrogen-bond acceptors (Lipinski definition) is 7. The van der Waals surface area contributed by atoms with E-state index in [2.05, 4.69) is 123 Å². The number of allylic oxidation sites excluding steroid dienone is 18. The molecular formula is C64H111NO8P+. The Labute approximate surface area is 455 Å².